The summed E-state index contributed by atoms with van der Waals surface area (Å²) in [5, 5.41) is 5.12. The molecule has 0 aliphatic carbocycles. The fraction of sp³-hybridized carbons (Fsp3) is 0.692. The SMILES string of the molecule is COCCOCCNS(=O)(=O)c1cc(CNC(C)C)cs1. The van der Waals surface area contributed by atoms with Crippen LogP contribution in [-0.2, 0) is 26.0 Å². The van der Waals surface area contributed by atoms with Gasteiger partial charge >= 0.3 is 0 Å². The van der Waals surface area contributed by atoms with Gasteiger partial charge in [-0.3, -0.25) is 0 Å². The Balaban J connectivity index is 2.40. The van der Waals surface area contributed by atoms with Gasteiger partial charge in [-0.05, 0) is 17.0 Å². The van der Waals surface area contributed by atoms with Crippen molar-refractivity contribution in [1.82, 2.24) is 10.0 Å². The molecule has 2 N–H and O–H groups in total. The van der Waals surface area contributed by atoms with Crippen molar-refractivity contribution >= 4 is 21.4 Å². The largest absolute Gasteiger partial charge is 0.382 e. The molecular formula is C13H24N2O4S2. The van der Waals surface area contributed by atoms with E-state index in [0.29, 0.717) is 36.6 Å². The van der Waals surface area contributed by atoms with Crippen LogP contribution in [0.3, 0.4) is 0 Å². The Morgan fingerprint density at radius 1 is 1.29 bits per heavy atom. The number of sulfonamides is 1. The number of methoxy groups -OCH3 is 1. The van der Waals surface area contributed by atoms with Crippen LogP contribution in [0.5, 0.6) is 0 Å². The molecule has 0 amide bonds. The van der Waals surface area contributed by atoms with Gasteiger partial charge in [0.15, 0.2) is 0 Å². The first-order chi connectivity index (χ1) is 9.95. The minimum absolute atomic E-state index is 0.253. The van der Waals surface area contributed by atoms with Gasteiger partial charge in [-0.25, -0.2) is 13.1 Å². The summed E-state index contributed by atoms with van der Waals surface area (Å²) in [5.41, 5.74) is 0.977. The number of hydrogen-bond donors (Lipinski definition) is 2. The van der Waals surface area contributed by atoms with Gasteiger partial charge in [0.1, 0.15) is 4.21 Å². The van der Waals surface area contributed by atoms with E-state index in [9.17, 15) is 8.42 Å². The molecule has 0 radical (unpaired) electrons. The Morgan fingerprint density at radius 2 is 2.05 bits per heavy atom. The second-order valence-electron chi connectivity index (χ2n) is 4.81. The lowest BCUT2D eigenvalue weighted by Gasteiger charge is -2.06. The van der Waals surface area contributed by atoms with Gasteiger partial charge < -0.3 is 14.8 Å². The van der Waals surface area contributed by atoms with Crippen LogP contribution in [-0.4, -0.2) is 47.9 Å². The van der Waals surface area contributed by atoms with E-state index in [2.05, 4.69) is 23.9 Å². The third kappa shape index (κ3) is 7.35. The quantitative estimate of drug-likeness (QED) is 0.594. The molecular weight excluding hydrogens is 312 g/mol. The predicted octanol–water partition coefficient (Wildman–Crippen LogP) is 1.19. The summed E-state index contributed by atoms with van der Waals surface area (Å²) in [4.78, 5) is 0. The molecule has 8 heteroatoms. The van der Waals surface area contributed by atoms with Crippen molar-refractivity contribution in [3.63, 3.8) is 0 Å². The summed E-state index contributed by atoms with van der Waals surface area (Å²) in [6, 6.07) is 2.07. The average Bonchev–Trinajstić information content (AvgIpc) is 2.90. The van der Waals surface area contributed by atoms with E-state index >= 15 is 0 Å². The van der Waals surface area contributed by atoms with Gasteiger partial charge in [-0.1, -0.05) is 13.8 Å². The highest BCUT2D eigenvalue weighted by molar-refractivity contribution is 7.91. The molecule has 0 unspecified atom stereocenters. The van der Waals surface area contributed by atoms with E-state index < -0.39 is 10.0 Å². The first-order valence-electron chi connectivity index (χ1n) is 6.83. The third-order valence-corrected chi connectivity index (χ3v) is 5.53. The fourth-order valence-electron chi connectivity index (χ4n) is 1.47. The van der Waals surface area contributed by atoms with Crippen LogP contribution in [0.25, 0.3) is 0 Å². The van der Waals surface area contributed by atoms with Crippen molar-refractivity contribution in [2.24, 2.45) is 0 Å². The lowest BCUT2D eigenvalue weighted by atomic mass is 10.3. The summed E-state index contributed by atoms with van der Waals surface area (Å²) in [5.74, 6) is 0. The lowest BCUT2D eigenvalue weighted by Crippen LogP contribution is -2.27. The zero-order valence-electron chi connectivity index (χ0n) is 12.7. The van der Waals surface area contributed by atoms with Gasteiger partial charge in [-0.15, -0.1) is 11.3 Å². The van der Waals surface area contributed by atoms with Gasteiger partial charge in [0, 0.05) is 26.2 Å². The van der Waals surface area contributed by atoms with Crippen LogP contribution >= 0.6 is 11.3 Å². The molecule has 21 heavy (non-hydrogen) atoms. The molecule has 0 atom stereocenters. The van der Waals surface area contributed by atoms with Crippen LogP contribution in [0.1, 0.15) is 19.4 Å². The van der Waals surface area contributed by atoms with E-state index in [4.69, 9.17) is 9.47 Å². The van der Waals surface area contributed by atoms with Crippen molar-refractivity contribution in [1.29, 1.82) is 0 Å². The standard InChI is InChI=1S/C13H24N2O4S2/c1-11(2)14-9-12-8-13(20-10-12)21(16,17)15-4-5-19-7-6-18-3/h8,10-11,14-15H,4-7,9H2,1-3H3. The first-order valence-corrected chi connectivity index (χ1v) is 9.19. The maximum atomic E-state index is 12.1. The second-order valence-corrected chi connectivity index (χ2v) is 7.72. The highest BCUT2D eigenvalue weighted by atomic mass is 32.2. The highest BCUT2D eigenvalue weighted by Crippen LogP contribution is 2.19. The summed E-state index contributed by atoms with van der Waals surface area (Å²) in [6.07, 6.45) is 0. The van der Waals surface area contributed by atoms with Gasteiger partial charge in [0.2, 0.25) is 10.0 Å². The monoisotopic (exact) mass is 336 g/mol. The molecule has 1 rings (SSSR count). The van der Waals surface area contributed by atoms with Crippen molar-refractivity contribution < 1.29 is 17.9 Å². The summed E-state index contributed by atoms with van der Waals surface area (Å²) in [7, 11) is -1.85. The van der Waals surface area contributed by atoms with Gasteiger partial charge in [0.05, 0.1) is 19.8 Å². The van der Waals surface area contributed by atoms with Crippen LogP contribution < -0.4 is 10.0 Å². The minimum atomic E-state index is -3.44. The van der Waals surface area contributed by atoms with E-state index in [1.54, 1.807) is 13.2 Å². The van der Waals surface area contributed by atoms with Crippen molar-refractivity contribution in [2.45, 2.75) is 30.6 Å². The zero-order valence-corrected chi connectivity index (χ0v) is 14.4. The smallest absolute Gasteiger partial charge is 0.250 e. The van der Waals surface area contributed by atoms with Crippen molar-refractivity contribution in [3.05, 3.63) is 17.0 Å². The number of thiophene rings is 1. The Bertz CT molecular complexity index is 500. The Labute approximate surface area is 130 Å². The molecule has 0 aliphatic rings. The molecule has 0 saturated heterocycles. The number of hydrogen-bond acceptors (Lipinski definition) is 6. The number of nitrogens with one attached hydrogen (secondary N) is 2. The molecule has 0 aliphatic heterocycles. The molecule has 0 saturated carbocycles. The maximum absolute atomic E-state index is 12.1. The molecule has 1 aromatic rings. The van der Waals surface area contributed by atoms with Crippen LogP contribution in [0.15, 0.2) is 15.7 Å². The van der Waals surface area contributed by atoms with E-state index in [-0.39, 0.29) is 6.54 Å². The first kappa shape index (κ1) is 18.5. The fourth-order valence-corrected chi connectivity index (χ4v) is 3.74. The minimum Gasteiger partial charge on any atom is -0.382 e. The summed E-state index contributed by atoms with van der Waals surface area (Å²) in [6.45, 7) is 6.32. The van der Waals surface area contributed by atoms with Gasteiger partial charge in [-0.2, -0.15) is 0 Å². The Hall–Kier alpha value is -0.510. The van der Waals surface area contributed by atoms with Gasteiger partial charge in [0.25, 0.3) is 0 Å². The summed E-state index contributed by atoms with van der Waals surface area (Å²) < 4.78 is 37.1. The van der Waals surface area contributed by atoms with E-state index in [1.807, 2.05) is 5.38 Å². The molecule has 122 valence electrons. The third-order valence-electron chi connectivity index (χ3n) is 2.58. The molecule has 0 bridgehead atoms. The Morgan fingerprint density at radius 3 is 2.71 bits per heavy atom. The molecule has 6 nitrogen and oxygen atoms in total. The molecule has 0 fully saturated rings. The van der Waals surface area contributed by atoms with Crippen molar-refractivity contribution in [2.75, 3.05) is 33.5 Å². The number of ether oxygens (including phenoxy) is 2. The highest BCUT2D eigenvalue weighted by Gasteiger charge is 2.16. The van der Waals surface area contributed by atoms with Crippen LogP contribution in [0.2, 0.25) is 0 Å². The van der Waals surface area contributed by atoms with Crippen molar-refractivity contribution in [3.8, 4) is 0 Å². The zero-order chi connectivity index (χ0) is 15.7. The summed E-state index contributed by atoms with van der Waals surface area (Å²) >= 11 is 1.23. The second kappa shape index (κ2) is 9.50. The Kier molecular flexibility index (Phi) is 8.38. The maximum Gasteiger partial charge on any atom is 0.250 e. The normalized spacial score (nSPS) is 12.2. The van der Waals surface area contributed by atoms with E-state index in [0.717, 1.165) is 5.56 Å². The predicted molar refractivity (Wildman–Crippen MR) is 84.2 cm³/mol. The molecule has 1 heterocycles. The molecule has 1 aromatic heterocycles. The molecule has 0 aromatic carbocycles. The lowest BCUT2D eigenvalue weighted by molar-refractivity contribution is 0.0736. The topological polar surface area (TPSA) is 76.7 Å². The average molecular weight is 336 g/mol. The molecule has 0 spiro atoms. The van der Waals surface area contributed by atoms with E-state index in [1.165, 1.54) is 11.3 Å². The number of rotatable bonds is 11. The van der Waals surface area contributed by atoms with Crippen LogP contribution in [0.4, 0.5) is 0 Å². The van der Waals surface area contributed by atoms with Crippen LogP contribution in [0, 0.1) is 0 Å².